The molecule has 13 heavy (non-hydrogen) atoms. The van der Waals surface area contributed by atoms with Crippen LogP contribution in [0.3, 0.4) is 0 Å². The van der Waals surface area contributed by atoms with Crippen LogP contribution in [-0.2, 0) is 0 Å². The van der Waals surface area contributed by atoms with Gasteiger partial charge in [0.1, 0.15) is 6.10 Å². The number of aliphatic hydroxyl groups excluding tert-OH is 1. The highest BCUT2D eigenvalue weighted by molar-refractivity contribution is 14.1. The molecule has 1 aliphatic heterocycles. The fourth-order valence-electron chi connectivity index (χ4n) is 1.22. The summed E-state index contributed by atoms with van der Waals surface area (Å²) in [6.07, 6.45) is -7.01. The molecule has 0 aromatic carbocycles. The molecule has 1 rings (SSSR count). The summed E-state index contributed by atoms with van der Waals surface area (Å²) in [5, 5.41) is 18.3. The second-order valence-electron chi connectivity index (χ2n) is 3.06. The van der Waals surface area contributed by atoms with Crippen molar-refractivity contribution < 1.29 is 23.4 Å². The van der Waals surface area contributed by atoms with Gasteiger partial charge >= 0.3 is 6.18 Å². The SMILES string of the molecule is O[C@H]1CN(I)CC[C@]1(O)C(F)(F)F. The quantitative estimate of drug-likeness (QED) is 0.511. The topological polar surface area (TPSA) is 43.7 Å². The summed E-state index contributed by atoms with van der Waals surface area (Å²) in [4.78, 5) is 0. The summed E-state index contributed by atoms with van der Waals surface area (Å²) in [6, 6.07) is 0. The summed E-state index contributed by atoms with van der Waals surface area (Å²) in [5.74, 6) is 0. The van der Waals surface area contributed by atoms with Gasteiger partial charge < -0.3 is 10.2 Å². The normalized spacial score (nSPS) is 37.8. The molecule has 0 aromatic rings. The number of piperidine rings is 1. The van der Waals surface area contributed by atoms with Crippen LogP contribution in [0, 0.1) is 0 Å². The third-order valence-electron chi connectivity index (χ3n) is 2.15. The molecule has 0 aliphatic carbocycles. The Kier molecular flexibility index (Phi) is 3.11. The molecule has 0 aromatic heterocycles. The Labute approximate surface area is 87.0 Å². The number of alkyl halides is 3. The number of halogens is 4. The van der Waals surface area contributed by atoms with Crippen molar-refractivity contribution in [3.05, 3.63) is 0 Å². The largest absolute Gasteiger partial charge is 0.419 e. The molecular weight excluding hydrogens is 302 g/mol. The predicted molar refractivity (Wildman–Crippen MR) is 47.2 cm³/mol. The Balaban J connectivity index is 2.79. The van der Waals surface area contributed by atoms with Crippen LogP contribution >= 0.6 is 22.9 Å². The number of hydrogen-bond acceptors (Lipinski definition) is 3. The molecule has 0 spiro atoms. The lowest BCUT2D eigenvalue weighted by Crippen LogP contribution is -2.61. The molecule has 1 aliphatic rings. The predicted octanol–water partition coefficient (Wildman–Crippen LogP) is 0.696. The van der Waals surface area contributed by atoms with E-state index in [1.165, 1.54) is 3.11 Å². The van der Waals surface area contributed by atoms with E-state index in [0.717, 1.165) is 0 Å². The summed E-state index contributed by atoms with van der Waals surface area (Å²) in [7, 11) is 0. The van der Waals surface area contributed by atoms with Crippen LogP contribution in [0.4, 0.5) is 13.2 Å². The van der Waals surface area contributed by atoms with E-state index in [4.69, 9.17) is 5.11 Å². The zero-order chi connectivity index (χ0) is 10.3. The Morgan fingerprint density at radius 2 is 2.00 bits per heavy atom. The number of hydrogen-bond donors (Lipinski definition) is 2. The number of nitrogens with zero attached hydrogens (tertiary/aromatic N) is 1. The molecule has 2 N–H and O–H groups in total. The molecule has 3 nitrogen and oxygen atoms in total. The van der Waals surface area contributed by atoms with E-state index in [9.17, 15) is 18.3 Å². The summed E-state index contributed by atoms with van der Waals surface area (Å²) >= 11 is 1.81. The first kappa shape index (κ1) is 11.5. The lowest BCUT2D eigenvalue weighted by Gasteiger charge is -2.40. The van der Waals surface area contributed by atoms with Crippen LogP contribution in [0.5, 0.6) is 0 Å². The maximum atomic E-state index is 12.3. The van der Waals surface area contributed by atoms with Crippen molar-refractivity contribution in [1.29, 1.82) is 0 Å². The Bertz CT molecular complexity index is 201. The van der Waals surface area contributed by atoms with Crippen LogP contribution in [0.1, 0.15) is 6.42 Å². The average molecular weight is 311 g/mol. The Hall–Kier alpha value is 0.400. The first-order chi connectivity index (χ1) is 5.77. The van der Waals surface area contributed by atoms with Crippen molar-refractivity contribution in [2.45, 2.75) is 24.3 Å². The standard InChI is InChI=1S/C6H9F3INO2/c7-6(8,9)5(13)1-2-11(10)3-4(5)12/h4,12-13H,1-3H2/t4-,5+/m0/s1. The Morgan fingerprint density at radius 1 is 1.46 bits per heavy atom. The van der Waals surface area contributed by atoms with E-state index in [-0.39, 0.29) is 13.1 Å². The zero-order valence-corrected chi connectivity index (χ0v) is 8.71. The van der Waals surface area contributed by atoms with Gasteiger partial charge in [-0.25, -0.2) is 3.11 Å². The van der Waals surface area contributed by atoms with Gasteiger partial charge in [-0.05, 0) is 0 Å². The van der Waals surface area contributed by atoms with E-state index in [2.05, 4.69) is 0 Å². The molecular formula is C6H9F3INO2. The summed E-state index contributed by atoms with van der Waals surface area (Å²) < 4.78 is 38.3. The zero-order valence-electron chi connectivity index (χ0n) is 6.55. The van der Waals surface area contributed by atoms with Gasteiger partial charge in [-0.2, -0.15) is 13.2 Å². The van der Waals surface area contributed by atoms with Gasteiger partial charge in [-0.1, -0.05) is 0 Å². The van der Waals surface area contributed by atoms with Crippen LogP contribution in [0.15, 0.2) is 0 Å². The average Bonchev–Trinajstić information content (AvgIpc) is 1.95. The molecule has 1 heterocycles. The van der Waals surface area contributed by atoms with Crippen molar-refractivity contribution in [2.75, 3.05) is 13.1 Å². The molecule has 1 saturated heterocycles. The molecule has 1 fully saturated rings. The highest BCUT2D eigenvalue weighted by atomic mass is 127. The minimum Gasteiger partial charge on any atom is -0.388 e. The molecule has 0 unspecified atom stereocenters. The lowest BCUT2D eigenvalue weighted by molar-refractivity contribution is -0.299. The molecule has 7 heteroatoms. The van der Waals surface area contributed by atoms with Gasteiger partial charge in [0.05, 0.1) is 0 Å². The van der Waals surface area contributed by atoms with Crippen molar-refractivity contribution in [3.8, 4) is 0 Å². The highest BCUT2D eigenvalue weighted by Crippen LogP contribution is 2.39. The van der Waals surface area contributed by atoms with Gasteiger partial charge in [0, 0.05) is 42.4 Å². The number of β-amino-alcohol motifs (C(OH)–C–C–N with tert-alkyl or cyclic N) is 1. The van der Waals surface area contributed by atoms with Crippen molar-refractivity contribution in [1.82, 2.24) is 3.11 Å². The molecule has 78 valence electrons. The molecule has 0 amide bonds. The lowest BCUT2D eigenvalue weighted by atomic mass is 9.89. The first-order valence-corrected chi connectivity index (χ1v) is 4.62. The Morgan fingerprint density at radius 3 is 2.38 bits per heavy atom. The third-order valence-corrected chi connectivity index (χ3v) is 3.03. The minimum absolute atomic E-state index is 0.119. The highest BCUT2D eigenvalue weighted by Gasteiger charge is 2.59. The third kappa shape index (κ3) is 2.08. The van der Waals surface area contributed by atoms with E-state index in [1.807, 2.05) is 22.9 Å². The van der Waals surface area contributed by atoms with E-state index < -0.39 is 24.3 Å². The van der Waals surface area contributed by atoms with Crippen molar-refractivity contribution in [3.63, 3.8) is 0 Å². The maximum absolute atomic E-state index is 12.3. The second kappa shape index (κ2) is 3.52. The van der Waals surface area contributed by atoms with Gasteiger partial charge in [0.15, 0.2) is 5.60 Å². The fraction of sp³-hybridized carbons (Fsp3) is 1.00. The smallest absolute Gasteiger partial charge is 0.388 e. The van der Waals surface area contributed by atoms with Gasteiger partial charge in [0.25, 0.3) is 0 Å². The second-order valence-corrected chi connectivity index (χ2v) is 4.42. The van der Waals surface area contributed by atoms with E-state index in [1.54, 1.807) is 0 Å². The summed E-state index contributed by atoms with van der Waals surface area (Å²) in [6.45, 7) is -0.0514. The maximum Gasteiger partial charge on any atom is 0.419 e. The first-order valence-electron chi connectivity index (χ1n) is 3.65. The summed E-state index contributed by atoms with van der Waals surface area (Å²) in [5.41, 5.74) is -2.94. The van der Waals surface area contributed by atoms with Gasteiger partial charge in [0.2, 0.25) is 0 Å². The van der Waals surface area contributed by atoms with E-state index >= 15 is 0 Å². The fourth-order valence-corrected chi connectivity index (χ4v) is 1.83. The van der Waals surface area contributed by atoms with Crippen LogP contribution in [0.25, 0.3) is 0 Å². The monoisotopic (exact) mass is 311 g/mol. The van der Waals surface area contributed by atoms with Crippen LogP contribution < -0.4 is 0 Å². The molecule has 0 bridgehead atoms. The molecule has 0 radical (unpaired) electrons. The number of aliphatic hydroxyl groups is 2. The number of rotatable bonds is 0. The van der Waals surface area contributed by atoms with E-state index in [0.29, 0.717) is 0 Å². The van der Waals surface area contributed by atoms with Crippen molar-refractivity contribution >= 4 is 22.9 Å². The van der Waals surface area contributed by atoms with Gasteiger partial charge in [-0.15, -0.1) is 0 Å². The van der Waals surface area contributed by atoms with Crippen LogP contribution in [-0.4, -0.2) is 44.3 Å². The molecule has 2 atom stereocenters. The van der Waals surface area contributed by atoms with Crippen LogP contribution in [0.2, 0.25) is 0 Å². The van der Waals surface area contributed by atoms with Crippen molar-refractivity contribution in [2.24, 2.45) is 0 Å². The molecule has 0 saturated carbocycles. The minimum atomic E-state index is -4.76. The van der Waals surface area contributed by atoms with Gasteiger partial charge in [-0.3, -0.25) is 0 Å².